The number of fused-ring (bicyclic) bond motifs is 1. The topological polar surface area (TPSA) is 77.5 Å². The minimum absolute atomic E-state index is 0.0722. The predicted molar refractivity (Wildman–Crippen MR) is 127 cm³/mol. The predicted octanol–water partition coefficient (Wildman–Crippen LogP) is 5.50. The van der Waals surface area contributed by atoms with Crippen LogP contribution < -0.4 is 14.8 Å². The lowest BCUT2D eigenvalue weighted by atomic mass is 10.1. The van der Waals surface area contributed by atoms with Gasteiger partial charge in [-0.1, -0.05) is 6.07 Å². The Morgan fingerprint density at radius 1 is 1.00 bits per heavy atom. The van der Waals surface area contributed by atoms with Crippen molar-refractivity contribution in [2.45, 2.75) is 13.8 Å². The van der Waals surface area contributed by atoms with E-state index in [9.17, 15) is 9.59 Å². The molecule has 0 fully saturated rings. The average molecular weight is 447 g/mol. The van der Waals surface area contributed by atoms with Crippen LogP contribution in [-0.2, 0) is 4.79 Å². The van der Waals surface area contributed by atoms with E-state index >= 15 is 0 Å². The summed E-state index contributed by atoms with van der Waals surface area (Å²) in [5.41, 5.74) is 4.37. The van der Waals surface area contributed by atoms with Crippen LogP contribution in [0.3, 0.4) is 0 Å². The van der Waals surface area contributed by atoms with Crippen molar-refractivity contribution in [1.29, 1.82) is 0 Å². The number of ketones is 1. The third-order valence-corrected chi connectivity index (χ3v) is 5.96. The summed E-state index contributed by atoms with van der Waals surface area (Å²) in [6.07, 6.45) is 0. The first-order chi connectivity index (χ1) is 15.4. The number of aromatic nitrogens is 1. The zero-order valence-electron chi connectivity index (χ0n) is 18.0. The molecule has 0 bridgehead atoms. The molecular weight excluding hydrogens is 424 g/mol. The number of amides is 1. The molecule has 0 aliphatic heterocycles. The smallest absolute Gasteiger partial charge is 0.262 e. The molecule has 32 heavy (non-hydrogen) atoms. The number of carbonyl (C=O) groups is 2. The molecule has 4 aromatic rings. The third-order valence-electron chi connectivity index (χ3n) is 4.89. The molecule has 0 saturated carbocycles. The van der Waals surface area contributed by atoms with E-state index in [1.165, 1.54) is 19.6 Å². The molecule has 0 spiro atoms. The normalized spacial score (nSPS) is 10.7. The van der Waals surface area contributed by atoms with Gasteiger partial charge in [-0.25, -0.2) is 4.98 Å². The number of hydrogen-bond donors (Lipinski definition) is 1. The first-order valence-corrected chi connectivity index (χ1v) is 10.8. The number of hydrogen-bond acceptors (Lipinski definition) is 6. The van der Waals surface area contributed by atoms with Crippen molar-refractivity contribution in [2.24, 2.45) is 0 Å². The van der Waals surface area contributed by atoms with Gasteiger partial charge in [-0.15, -0.1) is 11.3 Å². The maximum Gasteiger partial charge on any atom is 0.262 e. The van der Waals surface area contributed by atoms with E-state index in [-0.39, 0.29) is 18.3 Å². The molecule has 0 unspecified atom stereocenters. The molecular formula is C25H22N2O4S. The average Bonchev–Trinajstić information content (AvgIpc) is 3.21. The van der Waals surface area contributed by atoms with Crippen molar-refractivity contribution in [1.82, 2.24) is 4.98 Å². The molecule has 0 aliphatic rings. The van der Waals surface area contributed by atoms with E-state index in [4.69, 9.17) is 9.47 Å². The van der Waals surface area contributed by atoms with Crippen molar-refractivity contribution in [3.05, 3.63) is 71.8 Å². The van der Waals surface area contributed by atoms with Crippen molar-refractivity contribution in [3.8, 4) is 22.1 Å². The molecule has 1 amide bonds. The van der Waals surface area contributed by atoms with Gasteiger partial charge in [-0.3, -0.25) is 9.59 Å². The minimum atomic E-state index is -0.300. The van der Waals surface area contributed by atoms with Gasteiger partial charge in [0, 0.05) is 16.8 Å². The number of Topliss-reactive ketones (excluding diaryl/α,β-unsaturated/α-hetero) is 1. The van der Waals surface area contributed by atoms with Gasteiger partial charge in [0.2, 0.25) is 0 Å². The Morgan fingerprint density at radius 3 is 2.50 bits per heavy atom. The molecule has 1 N–H and O–H groups in total. The van der Waals surface area contributed by atoms with Gasteiger partial charge in [-0.05, 0) is 74.0 Å². The largest absolute Gasteiger partial charge is 0.493 e. The standard InChI is InChI=1S/C25H22N2O4S/c1-15-4-10-20-23(12-15)32-25(27-20)17-5-8-19(9-6-17)26-24(29)14-31-21-11-7-18(16(2)28)13-22(21)30-3/h4-13H,14H2,1-3H3,(H,26,29). The van der Waals surface area contributed by atoms with Gasteiger partial charge in [-0.2, -0.15) is 0 Å². The zero-order chi connectivity index (χ0) is 22.7. The Balaban J connectivity index is 1.39. The Labute approximate surface area is 189 Å². The number of methoxy groups -OCH3 is 1. The van der Waals surface area contributed by atoms with Crippen LogP contribution in [0, 0.1) is 6.92 Å². The van der Waals surface area contributed by atoms with Crippen molar-refractivity contribution in [2.75, 3.05) is 19.0 Å². The van der Waals surface area contributed by atoms with E-state index in [0.717, 1.165) is 20.8 Å². The number of nitrogens with zero attached hydrogens (tertiary/aromatic N) is 1. The van der Waals surface area contributed by atoms with Crippen LogP contribution in [0.5, 0.6) is 11.5 Å². The lowest BCUT2D eigenvalue weighted by Crippen LogP contribution is -2.20. The number of aryl methyl sites for hydroxylation is 1. The fourth-order valence-electron chi connectivity index (χ4n) is 3.20. The highest BCUT2D eigenvalue weighted by molar-refractivity contribution is 7.21. The summed E-state index contributed by atoms with van der Waals surface area (Å²) in [4.78, 5) is 28.5. The third kappa shape index (κ3) is 4.78. The minimum Gasteiger partial charge on any atom is -0.493 e. The van der Waals surface area contributed by atoms with Crippen LogP contribution in [0.2, 0.25) is 0 Å². The summed E-state index contributed by atoms with van der Waals surface area (Å²) >= 11 is 1.64. The fraction of sp³-hybridized carbons (Fsp3) is 0.160. The summed E-state index contributed by atoms with van der Waals surface area (Å²) < 4.78 is 12.0. The summed E-state index contributed by atoms with van der Waals surface area (Å²) in [5, 5.41) is 3.75. The number of benzene rings is 3. The SMILES string of the molecule is COc1cc(C(C)=O)ccc1OCC(=O)Nc1ccc(-c2nc3ccc(C)cc3s2)cc1. The summed E-state index contributed by atoms with van der Waals surface area (Å²) in [6, 6.07) is 18.6. The van der Waals surface area contributed by atoms with E-state index in [1.54, 1.807) is 29.5 Å². The summed E-state index contributed by atoms with van der Waals surface area (Å²) in [6.45, 7) is 3.36. The second kappa shape index (κ2) is 9.20. The van der Waals surface area contributed by atoms with Gasteiger partial charge >= 0.3 is 0 Å². The molecule has 3 aromatic carbocycles. The second-order valence-corrected chi connectivity index (χ2v) is 8.36. The Bertz CT molecular complexity index is 1300. The summed E-state index contributed by atoms with van der Waals surface area (Å²) in [7, 11) is 1.49. The van der Waals surface area contributed by atoms with E-state index in [1.807, 2.05) is 30.3 Å². The monoisotopic (exact) mass is 446 g/mol. The lowest BCUT2D eigenvalue weighted by molar-refractivity contribution is -0.118. The highest BCUT2D eigenvalue weighted by atomic mass is 32.1. The molecule has 0 aliphatic carbocycles. The number of thiazole rings is 1. The molecule has 1 heterocycles. The number of carbonyl (C=O) groups excluding carboxylic acids is 2. The van der Waals surface area contributed by atoms with Gasteiger partial charge < -0.3 is 14.8 Å². The molecule has 7 heteroatoms. The molecule has 162 valence electrons. The van der Waals surface area contributed by atoms with Crippen LogP contribution in [0.25, 0.3) is 20.8 Å². The van der Waals surface area contributed by atoms with Gasteiger partial charge in [0.15, 0.2) is 23.9 Å². The van der Waals surface area contributed by atoms with Crippen molar-refractivity contribution in [3.63, 3.8) is 0 Å². The molecule has 1 aromatic heterocycles. The lowest BCUT2D eigenvalue weighted by Gasteiger charge is -2.12. The first-order valence-electron chi connectivity index (χ1n) is 10.0. The molecule has 6 nitrogen and oxygen atoms in total. The van der Waals surface area contributed by atoms with Crippen LogP contribution in [0.1, 0.15) is 22.8 Å². The van der Waals surface area contributed by atoms with Crippen molar-refractivity contribution >= 4 is 38.9 Å². The fourth-order valence-corrected chi connectivity index (χ4v) is 4.27. The maximum atomic E-state index is 12.3. The highest BCUT2D eigenvalue weighted by Crippen LogP contribution is 2.31. The molecule has 0 radical (unpaired) electrons. The number of nitrogens with one attached hydrogen (secondary N) is 1. The first kappa shape index (κ1) is 21.5. The van der Waals surface area contributed by atoms with Crippen LogP contribution in [0.15, 0.2) is 60.7 Å². The maximum absolute atomic E-state index is 12.3. The van der Waals surface area contributed by atoms with Gasteiger partial charge in [0.25, 0.3) is 5.91 Å². The van der Waals surface area contributed by atoms with E-state index in [2.05, 4.69) is 29.4 Å². The Kier molecular flexibility index (Phi) is 6.18. The quantitative estimate of drug-likeness (QED) is 0.379. The molecule has 0 saturated heterocycles. The highest BCUT2D eigenvalue weighted by Gasteiger charge is 2.11. The zero-order valence-corrected chi connectivity index (χ0v) is 18.8. The van der Waals surface area contributed by atoms with Gasteiger partial charge in [0.1, 0.15) is 5.01 Å². The number of ether oxygens (including phenoxy) is 2. The van der Waals surface area contributed by atoms with Crippen molar-refractivity contribution < 1.29 is 19.1 Å². The molecule has 4 rings (SSSR count). The number of rotatable bonds is 7. The van der Waals surface area contributed by atoms with E-state index < -0.39 is 0 Å². The van der Waals surface area contributed by atoms with Crippen LogP contribution >= 0.6 is 11.3 Å². The second-order valence-electron chi connectivity index (χ2n) is 7.33. The van der Waals surface area contributed by atoms with Gasteiger partial charge in [0.05, 0.1) is 17.3 Å². The van der Waals surface area contributed by atoms with Crippen LogP contribution in [0.4, 0.5) is 5.69 Å². The molecule has 0 atom stereocenters. The van der Waals surface area contributed by atoms with E-state index in [0.29, 0.717) is 22.7 Å². The number of anilines is 1. The Hall–Kier alpha value is -3.71. The summed E-state index contributed by atoms with van der Waals surface area (Å²) in [5.74, 6) is 0.429. The Morgan fingerprint density at radius 2 is 1.78 bits per heavy atom. The van der Waals surface area contributed by atoms with Crippen LogP contribution in [-0.4, -0.2) is 30.4 Å².